The van der Waals surface area contributed by atoms with Crippen LogP contribution in [0.1, 0.15) is 23.7 Å². The van der Waals surface area contributed by atoms with Crippen molar-refractivity contribution in [1.82, 2.24) is 5.32 Å². The lowest BCUT2D eigenvalue weighted by Gasteiger charge is -2.19. The average Bonchev–Trinajstić information content (AvgIpc) is 2.50. The van der Waals surface area contributed by atoms with Gasteiger partial charge in [0.25, 0.3) is 0 Å². The van der Waals surface area contributed by atoms with Crippen LogP contribution in [0.5, 0.6) is 11.5 Å². The van der Waals surface area contributed by atoms with Crippen molar-refractivity contribution in [2.45, 2.75) is 25.6 Å². The highest BCUT2D eigenvalue weighted by Gasteiger charge is 2.40. The third-order valence-electron chi connectivity index (χ3n) is 3.03. The first-order valence-electron chi connectivity index (χ1n) is 6.49. The van der Waals surface area contributed by atoms with Gasteiger partial charge in [-0.15, -0.1) is 0 Å². The molecule has 0 saturated heterocycles. The Kier molecular flexibility index (Phi) is 6.43. The molecule has 0 radical (unpaired) electrons. The summed E-state index contributed by atoms with van der Waals surface area (Å²) in [5, 5.41) is 1.69. The van der Waals surface area contributed by atoms with Crippen LogP contribution >= 0.6 is 15.9 Å². The third-order valence-corrected chi connectivity index (χ3v) is 3.65. The van der Waals surface area contributed by atoms with Crippen LogP contribution in [-0.2, 0) is 4.79 Å². The molecule has 1 aromatic rings. The molecule has 1 unspecified atom stereocenters. The highest BCUT2D eigenvalue weighted by Crippen LogP contribution is 2.33. The van der Waals surface area contributed by atoms with Crippen molar-refractivity contribution in [1.29, 1.82) is 0 Å². The molecule has 23 heavy (non-hydrogen) atoms. The second kappa shape index (κ2) is 7.67. The number of rotatable bonds is 6. The van der Waals surface area contributed by atoms with E-state index in [2.05, 4.69) is 15.9 Å². The van der Waals surface area contributed by atoms with E-state index < -0.39 is 23.9 Å². The number of nitrogens with one attached hydrogen (secondary N) is 1. The molecule has 0 aliphatic carbocycles. The van der Waals surface area contributed by atoms with E-state index in [1.807, 2.05) is 0 Å². The van der Waals surface area contributed by atoms with E-state index in [1.54, 1.807) is 5.32 Å². The minimum absolute atomic E-state index is 0.0117. The maximum absolute atomic E-state index is 12.5. The van der Waals surface area contributed by atoms with E-state index in [0.29, 0.717) is 10.2 Å². The number of hydrogen-bond donors (Lipinski definition) is 1. The molecular formula is C14H15BrF3NO4. The van der Waals surface area contributed by atoms with Gasteiger partial charge in [0.15, 0.2) is 5.78 Å². The van der Waals surface area contributed by atoms with E-state index in [4.69, 9.17) is 9.47 Å². The molecule has 0 aliphatic heterocycles. The molecule has 0 aromatic heterocycles. The first-order valence-corrected chi connectivity index (χ1v) is 7.28. The van der Waals surface area contributed by atoms with Crippen molar-refractivity contribution in [2.75, 3.05) is 14.2 Å². The summed E-state index contributed by atoms with van der Waals surface area (Å²) < 4.78 is 47.7. The summed E-state index contributed by atoms with van der Waals surface area (Å²) in [6.07, 6.45) is -5.07. The number of alkyl halides is 3. The molecule has 0 spiro atoms. The fourth-order valence-electron chi connectivity index (χ4n) is 1.83. The third kappa shape index (κ3) is 4.60. The van der Waals surface area contributed by atoms with Gasteiger partial charge in [-0.1, -0.05) is 6.92 Å². The molecule has 0 heterocycles. The topological polar surface area (TPSA) is 64.6 Å². The Bertz CT molecular complexity index is 604. The predicted molar refractivity (Wildman–Crippen MR) is 79.9 cm³/mol. The molecule has 1 rings (SSSR count). The van der Waals surface area contributed by atoms with E-state index >= 15 is 0 Å². The zero-order chi connectivity index (χ0) is 17.8. The Labute approximate surface area is 139 Å². The van der Waals surface area contributed by atoms with Crippen LogP contribution in [0, 0.1) is 0 Å². The van der Waals surface area contributed by atoms with Crippen LogP contribution < -0.4 is 14.8 Å². The molecule has 1 amide bonds. The van der Waals surface area contributed by atoms with Crippen molar-refractivity contribution in [2.24, 2.45) is 0 Å². The van der Waals surface area contributed by atoms with Crippen molar-refractivity contribution in [3.63, 3.8) is 0 Å². The number of Topliss-reactive ketones (excluding diaryl/α,β-unsaturated/α-hetero) is 1. The number of methoxy groups -OCH3 is 2. The first kappa shape index (κ1) is 19.3. The molecule has 1 atom stereocenters. The molecule has 0 bridgehead atoms. The SMILES string of the molecule is CCC(NC(=O)C(F)(F)F)C(=O)c1cc(OC)c(Br)cc1OC. The van der Waals surface area contributed by atoms with Crippen molar-refractivity contribution >= 4 is 27.6 Å². The lowest BCUT2D eigenvalue weighted by atomic mass is 10.0. The van der Waals surface area contributed by atoms with Crippen LogP contribution in [-0.4, -0.2) is 38.1 Å². The van der Waals surface area contributed by atoms with Gasteiger partial charge in [-0.2, -0.15) is 13.2 Å². The van der Waals surface area contributed by atoms with Crippen LogP contribution in [0.4, 0.5) is 13.2 Å². The minimum Gasteiger partial charge on any atom is -0.496 e. The number of ether oxygens (including phenoxy) is 2. The highest BCUT2D eigenvalue weighted by atomic mass is 79.9. The average molecular weight is 398 g/mol. The molecule has 9 heteroatoms. The van der Waals surface area contributed by atoms with Crippen LogP contribution in [0.3, 0.4) is 0 Å². The summed E-state index contributed by atoms with van der Waals surface area (Å²) in [6, 6.07) is 1.47. The summed E-state index contributed by atoms with van der Waals surface area (Å²) in [5.41, 5.74) is 0.0156. The number of halogens is 4. The van der Waals surface area contributed by atoms with Gasteiger partial charge in [-0.25, -0.2) is 0 Å². The first-order chi connectivity index (χ1) is 10.6. The van der Waals surface area contributed by atoms with Gasteiger partial charge >= 0.3 is 12.1 Å². The monoisotopic (exact) mass is 397 g/mol. The fraction of sp³-hybridized carbons (Fsp3) is 0.429. The van der Waals surface area contributed by atoms with E-state index in [1.165, 1.54) is 33.3 Å². The number of amides is 1. The van der Waals surface area contributed by atoms with Crippen molar-refractivity contribution < 1.29 is 32.2 Å². The quantitative estimate of drug-likeness (QED) is 0.749. The fourth-order valence-corrected chi connectivity index (χ4v) is 2.32. The molecule has 0 aliphatic rings. The Morgan fingerprint density at radius 2 is 1.78 bits per heavy atom. The summed E-state index contributed by atoms with van der Waals surface area (Å²) >= 11 is 3.22. The molecule has 5 nitrogen and oxygen atoms in total. The lowest BCUT2D eigenvalue weighted by Crippen LogP contribution is -2.46. The maximum atomic E-state index is 12.5. The van der Waals surface area contributed by atoms with Crippen LogP contribution in [0.25, 0.3) is 0 Å². The van der Waals surface area contributed by atoms with Gasteiger partial charge < -0.3 is 14.8 Å². The van der Waals surface area contributed by atoms with Gasteiger partial charge in [-0.3, -0.25) is 9.59 Å². The Morgan fingerprint density at radius 1 is 1.22 bits per heavy atom. The van der Waals surface area contributed by atoms with E-state index in [-0.39, 0.29) is 17.7 Å². The molecule has 128 valence electrons. The Balaban J connectivity index is 3.17. The van der Waals surface area contributed by atoms with Crippen molar-refractivity contribution in [3.05, 3.63) is 22.2 Å². The zero-order valence-corrected chi connectivity index (χ0v) is 14.2. The van der Waals surface area contributed by atoms with Gasteiger partial charge in [0.05, 0.1) is 30.3 Å². The molecule has 1 N–H and O–H groups in total. The predicted octanol–water partition coefficient (Wildman–Crippen LogP) is 3.11. The molecular weight excluding hydrogens is 383 g/mol. The standard InChI is InChI=1S/C14H15BrF3NO4/c1-4-9(19-13(21)14(16,17)18)12(20)7-5-11(23-3)8(15)6-10(7)22-2/h5-6,9H,4H2,1-3H3,(H,19,21). The van der Waals surface area contributed by atoms with Crippen LogP contribution in [0.15, 0.2) is 16.6 Å². The number of benzene rings is 1. The number of hydrogen-bond acceptors (Lipinski definition) is 4. The van der Waals surface area contributed by atoms with Crippen molar-refractivity contribution in [3.8, 4) is 11.5 Å². The second-order valence-electron chi connectivity index (χ2n) is 4.48. The van der Waals surface area contributed by atoms with Gasteiger partial charge in [0, 0.05) is 0 Å². The Hall–Kier alpha value is -1.77. The van der Waals surface area contributed by atoms with Gasteiger partial charge in [0.2, 0.25) is 0 Å². The molecule has 0 saturated carbocycles. The summed E-state index contributed by atoms with van der Waals surface area (Å²) in [6.45, 7) is 1.49. The van der Waals surface area contributed by atoms with E-state index in [0.717, 1.165) is 0 Å². The highest BCUT2D eigenvalue weighted by molar-refractivity contribution is 9.10. The second-order valence-corrected chi connectivity index (χ2v) is 5.34. The zero-order valence-electron chi connectivity index (χ0n) is 12.6. The number of carbonyl (C=O) groups is 2. The normalized spacial score (nSPS) is 12.5. The number of ketones is 1. The lowest BCUT2D eigenvalue weighted by molar-refractivity contribution is -0.174. The maximum Gasteiger partial charge on any atom is 0.471 e. The van der Waals surface area contributed by atoms with Gasteiger partial charge in [-0.05, 0) is 34.5 Å². The summed E-state index contributed by atoms with van der Waals surface area (Å²) in [4.78, 5) is 23.5. The minimum atomic E-state index is -5.06. The Morgan fingerprint density at radius 3 is 2.22 bits per heavy atom. The molecule has 0 fully saturated rings. The van der Waals surface area contributed by atoms with E-state index in [9.17, 15) is 22.8 Å². The smallest absolute Gasteiger partial charge is 0.471 e. The number of carbonyl (C=O) groups excluding carboxylic acids is 2. The van der Waals surface area contributed by atoms with Crippen LogP contribution in [0.2, 0.25) is 0 Å². The summed E-state index contributed by atoms with van der Waals surface area (Å²) in [7, 11) is 2.70. The summed E-state index contributed by atoms with van der Waals surface area (Å²) in [5.74, 6) is -2.40. The largest absolute Gasteiger partial charge is 0.496 e. The van der Waals surface area contributed by atoms with Gasteiger partial charge in [0.1, 0.15) is 11.5 Å². The molecule has 1 aromatic carbocycles.